The molecule has 2 fully saturated rings. The molecule has 2 unspecified atom stereocenters. The molecule has 0 heterocycles. The fraction of sp³-hybridized carbons (Fsp3) is 0.684. The Morgan fingerprint density at radius 1 is 1.10 bits per heavy atom. The van der Waals surface area contributed by atoms with Crippen LogP contribution < -0.4 is 4.74 Å². The first-order valence-corrected chi connectivity index (χ1v) is 9.25. The number of alkyl halides is 1. The summed E-state index contributed by atoms with van der Waals surface area (Å²) in [5, 5.41) is 0. The van der Waals surface area contributed by atoms with Gasteiger partial charge in [-0.25, -0.2) is 0 Å². The van der Waals surface area contributed by atoms with E-state index in [2.05, 4.69) is 61.0 Å². The Balaban J connectivity index is 1.81. The van der Waals surface area contributed by atoms with Crippen LogP contribution in [0.25, 0.3) is 0 Å². The highest BCUT2D eigenvalue weighted by Gasteiger charge is 2.55. The minimum atomic E-state index is 0.133. The largest absolute Gasteiger partial charge is 0.489 e. The van der Waals surface area contributed by atoms with E-state index in [1.165, 1.54) is 37.7 Å². The van der Waals surface area contributed by atoms with Gasteiger partial charge in [-0.1, -0.05) is 74.2 Å². The van der Waals surface area contributed by atoms with Crippen LogP contribution in [0.15, 0.2) is 24.3 Å². The van der Waals surface area contributed by atoms with Crippen LogP contribution in [0.4, 0.5) is 0 Å². The third kappa shape index (κ3) is 2.76. The fourth-order valence-electron chi connectivity index (χ4n) is 4.05. The van der Waals surface area contributed by atoms with E-state index in [0.29, 0.717) is 16.3 Å². The Morgan fingerprint density at radius 3 is 2.38 bits per heavy atom. The number of hydrogen-bond donors (Lipinski definition) is 0. The van der Waals surface area contributed by atoms with Crippen molar-refractivity contribution in [3.8, 4) is 5.75 Å². The van der Waals surface area contributed by atoms with Crippen molar-refractivity contribution in [2.24, 2.45) is 5.41 Å². The summed E-state index contributed by atoms with van der Waals surface area (Å²) in [4.78, 5) is 0.650. The maximum Gasteiger partial charge on any atom is 0.123 e. The smallest absolute Gasteiger partial charge is 0.123 e. The van der Waals surface area contributed by atoms with E-state index in [9.17, 15) is 0 Å². The third-order valence-electron chi connectivity index (χ3n) is 5.43. The van der Waals surface area contributed by atoms with Crippen LogP contribution in [0.5, 0.6) is 5.75 Å². The second kappa shape index (κ2) is 5.61. The summed E-state index contributed by atoms with van der Waals surface area (Å²) < 4.78 is 6.54. The van der Waals surface area contributed by atoms with Crippen molar-refractivity contribution in [3.63, 3.8) is 0 Å². The predicted octanol–water partition coefficient (Wildman–Crippen LogP) is 5.85. The molecule has 2 aliphatic carbocycles. The van der Waals surface area contributed by atoms with E-state index in [1.807, 2.05) is 0 Å². The van der Waals surface area contributed by atoms with Gasteiger partial charge in [0.1, 0.15) is 11.9 Å². The number of ether oxygens (including phenoxy) is 1. The number of halogens is 1. The zero-order chi connectivity index (χ0) is 15.1. The first-order chi connectivity index (χ1) is 9.93. The van der Waals surface area contributed by atoms with Crippen LogP contribution in [-0.4, -0.2) is 10.9 Å². The second-order valence-corrected chi connectivity index (χ2v) is 8.96. The van der Waals surface area contributed by atoms with Crippen molar-refractivity contribution < 1.29 is 4.74 Å². The lowest BCUT2D eigenvalue weighted by molar-refractivity contribution is -0.0608. The zero-order valence-corrected chi connectivity index (χ0v) is 15.1. The molecule has 0 N–H and O–H groups in total. The van der Waals surface area contributed by atoms with E-state index in [4.69, 9.17) is 4.74 Å². The molecule has 2 atom stereocenters. The van der Waals surface area contributed by atoms with Crippen molar-refractivity contribution in [2.45, 2.75) is 75.6 Å². The molecule has 2 saturated carbocycles. The third-order valence-corrected chi connectivity index (χ3v) is 6.72. The molecule has 1 nitrogen and oxygen atoms in total. The van der Waals surface area contributed by atoms with Gasteiger partial charge in [0, 0.05) is 10.2 Å². The molecule has 2 aliphatic rings. The van der Waals surface area contributed by atoms with Crippen LogP contribution in [0.2, 0.25) is 0 Å². The molecule has 0 aromatic heterocycles. The number of rotatable bonds is 2. The summed E-state index contributed by atoms with van der Waals surface area (Å²) in [6.07, 6.45) is 8.32. The van der Waals surface area contributed by atoms with Gasteiger partial charge in [-0.3, -0.25) is 0 Å². The highest BCUT2D eigenvalue weighted by Crippen LogP contribution is 2.56. The van der Waals surface area contributed by atoms with E-state index in [0.717, 1.165) is 12.2 Å². The predicted molar refractivity (Wildman–Crippen MR) is 92.4 cm³/mol. The van der Waals surface area contributed by atoms with Crippen LogP contribution in [0.3, 0.4) is 0 Å². The molecule has 0 bridgehead atoms. The van der Waals surface area contributed by atoms with Gasteiger partial charge in [0.25, 0.3) is 0 Å². The van der Waals surface area contributed by atoms with Gasteiger partial charge in [0.15, 0.2) is 0 Å². The van der Waals surface area contributed by atoms with Gasteiger partial charge < -0.3 is 4.74 Å². The molecule has 2 heteroatoms. The van der Waals surface area contributed by atoms with Gasteiger partial charge in [-0.2, -0.15) is 0 Å². The van der Waals surface area contributed by atoms with E-state index in [1.54, 1.807) is 0 Å². The van der Waals surface area contributed by atoms with Gasteiger partial charge in [0.2, 0.25) is 0 Å². The first-order valence-electron chi connectivity index (χ1n) is 8.34. The Bertz CT molecular complexity index is 497. The molecular formula is C19H27BrO. The minimum absolute atomic E-state index is 0.133. The quantitative estimate of drug-likeness (QED) is 0.608. The van der Waals surface area contributed by atoms with E-state index < -0.39 is 0 Å². The van der Waals surface area contributed by atoms with E-state index in [-0.39, 0.29) is 5.41 Å². The lowest BCUT2D eigenvalue weighted by Crippen LogP contribution is -2.58. The van der Waals surface area contributed by atoms with Gasteiger partial charge in [-0.05, 0) is 36.3 Å². The van der Waals surface area contributed by atoms with Gasteiger partial charge >= 0.3 is 0 Å². The molecule has 1 aromatic rings. The Kier molecular flexibility index (Phi) is 4.11. The normalized spacial score (nSPS) is 28.2. The molecule has 21 heavy (non-hydrogen) atoms. The lowest BCUT2D eigenvalue weighted by atomic mass is 9.58. The number of benzene rings is 1. The Hall–Kier alpha value is -0.500. The summed E-state index contributed by atoms with van der Waals surface area (Å²) in [5.41, 5.74) is 1.85. The molecule has 1 aromatic carbocycles. The second-order valence-electron chi connectivity index (χ2n) is 7.85. The summed E-state index contributed by atoms with van der Waals surface area (Å²) >= 11 is 3.91. The summed E-state index contributed by atoms with van der Waals surface area (Å²) in [6, 6.07) is 8.59. The van der Waals surface area contributed by atoms with Crippen LogP contribution >= 0.6 is 15.9 Å². The summed E-state index contributed by atoms with van der Waals surface area (Å²) in [5.74, 6) is 1.10. The average Bonchev–Trinajstić information content (AvgIpc) is 2.47. The highest BCUT2D eigenvalue weighted by atomic mass is 79.9. The first kappa shape index (κ1) is 15.4. The van der Waals surface area contributed by atoms with Crippen molar-refractivity contribution in [2.75, 3.05) is 0 Å². The molecule has 0 aliphatic heterocycles. The van der Waals surface area contributed by atoms with Crippen LogP contribution in [0, 0.1) is 5.41 Å². The monoisotopic (exact) mass is 350 g/mol. The molecule has 0 radical (unpaired) electrons. The highest BCUT2D eigenvalue weighted by molar-refractivity contribution is 9.09. The Labute approximate surface area is 137 Å². The fourth-order valence-corrected chi connectivity index (χ4v) is 5.14. The molecule has 116 valence electrons. The van der Waals surface area contributed by atoms with Gasteiger partial charge in [0.05, 0.1) is 0 Å². The van der Waals surface area contributed by atoms with Crippen molar-refractivity contribution >= 4 is 15.9 Å². The summed E-state index contributed by atoms with van der Waals surface area (Å²) in [6.45, 7) is 6.79. The van der Waals surface area contributed by atoms with Crippen molar-refractivity contribution in [1.29, 1.82) is 0 Å². The number of para-hydroxylation sites is 1. The van der Waals surface area contributed by atoms with Crippen molar-refractivity contribution in [1.82, 2.24) is 0 Å². The molecule has 0 saturated heterocycles. The maximum absolute atomic E-state index is 6.54. The topological polar surface area (TPSA) is 9.23 Å². The SMILES string of the molecule is CC(C)(C)c1ccccc1OC1CC(Br)C12CCCCC2. The lowest BCUT2D eigenvalue weighted by Gasteiger charge is -2.55. The van der Waals surface area contributed by atoms with Crippen LogP contribution in [0.1, 0.15) is 64.9 Å². The summed E-state index contributed by atoms with van der Waals surface area (Å²) in [7, 11) is 0. The molecule has 1 spiro atoms. The minimum Gasteiger partial charge on any atom is -0.489 e. The average molecular weight is 351 g/mol. The van der Waals surface area contributed by atoms with E-state index >= 15 is 0 Å². The van der Waals surface area contributed by atoms with Gasteiger partial charge in [-0.15, -0.1) is 0 Å². The molecule has 3 rings (SSSR count). The maximum atomic E-state index is 6.54. The zero-order valence-electron chi connectivity index (χ0n) is 13.5. The standard InChI is InChI=1S/C19H27BrO/c1-18(2,3)14-9-5-6-10-15(14)21-17-13-16(20)19(17)11-7-4-8-12-19/h5-6,9-10,16-17H,4,7-8,11-13H2,1-3H3. The Morgan fingerprint density at radius 2 is 1.76 bits per heavy atom. The molecular weight excluding hydrogens is 324 g/mol. The van der Waals surface area contributed by atoms with Crippen LogP contribution in [-0.2, 0) is 5.41 Å². The number of hydrogen-bond acceptors (Lipinski definition) is 1. The van der Waals surface area contributed by atoms with Crippen molar-refractivity contribution in [3.05, 3.63) is 29.8 Å². The molecule has 0 amide bonds.